The van der Waals surface area contributed by atoms with E-state index in [2.05, 4.69) is 0 Å². The number of carboxylic acid groups (broad SMARTS) is 1. The van der Waals surface area contributed by atoms with E-state index in [-0.39, 0.29) is 48.4 Å². The SMILES string of the molecule is COc1cc(OC)c(C(=O)O)c(N2CC(CO)CC2=O)c1. The quantitative estimate of drug-likeness (QED) is 0.832. The van der Waals surface area contributed by atoms with Gasteiger partial charge < -0.3 is 24.6 Å². The van der Waals surface area contributed by atoms with E-state index in [0.29, 0.717) is 5.75 Å². The number of amides is 1. The number of carboxylic acids is 1. The highest BCUT2D eigenvalue weighted by atomic mass is 16.5. The maximum absolute atomic E-state index is 12.1. The molecule has 2 rings (SSSR count). The molecule has 2 N–H and O–H groups in total. The van der Waals surface area contributed by atoms with Gasteiger partial charge in [0.1, 0.15) is 17.1 Å². The Morgan fingerprint density at radius 2 is 2.10 bits per heavy atom. The Kier molecular flexibility index (Phi) is 4.32. The molecule has 0 bridgehead atoms. The zero-order valence-corrected chi connectivity index (χ0v) is 11.8. The molecule has 1 unspecified atom stereocenters. The number of aromatic carboxylic acids is 1. The lowest BCUT2D eigenvalue weighted by molar-refractivity contribution is -0.117. The summed E-state index contributed by atoms with van der Waals surface area (Å²) in [5.41, 5.74) is 0.130. The Bertz CT molecular complexity index is 571. The van der Waals surface area contributed by atoms with Crippen LogP contribution >= 0.6 is 0 Å². The Balaban J connectivity index is 2.55. The number of anilines is 1. The third kappa shape index (κ3) is 2.78. The van der Waals surface area contributed by atoms with E-state index in [1.165, 1.54) is 31.3 Å². The van der Waals surface area contributed by atoms with Gasteiger partial charge in [0.25, 0.3) is 0 Å². The van der Waals surface area contributed by atoms with Gasteiger partial charge in [-0.05, 0) is 0 Å². The van der Waals surface area contributed by atoms with Crippen LogP contribution in [0.4, 0.5) is 5.69 Å². The second kappa shape index (κ2) is 6.01. The van der Waals surface area contributed by atoms with Gasteiger partial charge in [0.2, 0.25) is 5.91 Å². The Morgan fingerprint density at radius 3 is 2.57 bits per heavy atom. The van der Waals surface area contributed by atoms with Crippen LogP contribution in [-0.2, 0) is 4.79 Å². The highest BCUT2D eigenvalue weighted by molar-refractivity contribution is 6.05. The zero-order valence-electron chi connectivity index (χ0n) is 11.8. The molecule has 0 saturated carbocycles. The monoisotopic (exact) mass is 295 g/mol. The highest BCUT2D eigenvalue weighted by Crippen LogP contribution is 2.37. The van der Waals surface area contributed by atoms with Gasteiger partial charge in [0.05, 0.1) is 19.9 Å². The summed E-state index contributed by atoms with van der Waals surface area (Å²) in [6, 6.07) is 2.95. The number of hydrogen-bond donors (Lipinski definition) is 2. The molecule has 0 aliphatic carbocycles. The minimum atomic E-state index is -1.19. The molecular formula is C14H17NO6. The van der Waals surface area contributed by atoms with Crippen LogP contribution in [0.1, 0.15) is 16.8 Å². The Hall–Kier alpha value is -2.28. The molecule has 1 fully saturated rings. The van der Waals surface area contributed by atoms with Crippen molar-refractivity contribution < 1.29 is 29.3 Å². The zero-order chi connectivity index (χ0) is 15.6. The lowest BCUT2D eigenvalue weighted by atomic mass is 10.1. The fourth-order valence-electron chi connectivity index (χ4n) is 2.42. The third-order valence-corrected chi connectivity index (χ3v) is 3.48. The van der Waals surface area contributed by atoms with Gasteiger partial charge in [-0.3, -0.25) is 4.79 Å². The van der Waals surface area contributed by atoms with E-state index in [9.17, 15) is 19.8 Å². The van der Waals surface area contributed by atoms with Crippen molar-refractivity contribution in [3.05, 3.63) is 17.7 Å². The number of ether oxygens (including phenoxy) is 2. The molecule has 1 heterocycles. The number of carbonyl (C=O) groups excluding carboxylic acids is 1. The maximum atomic E-state index is 12.1. The van der Waals surface area contributed by atoms with Gasteiger partial charge in [-0.25, -0.2) is 4.79 Å². The summed E-state index contributed by atoms with van der Waals surface area (Å²) >= 11 is 0. The van der Waals surface area contributed by atoms with Crippen molar-refractivity contribution in [2.75, 3.05) is 32.3 Å². The van der Waals surface area contributed by atoms with Crippen LogP contribution < -0.4 is 14.4 Å². The summed E-state index contributed by atoms with van der Waals surface area (Å²) in [5, 5.41) is 18.6. The topological polar surface area (TPSA) is 96.3 Å². The van der Waals surface area contributed by atoms with Gasteiger partial charge in [-0.1, -0.05) is 0 Å². The predicted molar refractivity (Wildman–Crippen MR) is 74.1 cm³/mol. The molecular weight excluding hydrogens is 278 g/mol. The number of aliphatic hydroxyl groups excluding tert-OH is 1. The van der Waals surface area contributed by atoms with Crippen molar-refractivity contribution in [1.82, 2.24) is 0 Å². The van der Waals surface area contributed by atoms with Crippen molar-refractivity contribution in [2.45, 2.75) is 6.42 Å². The predicted octanol–water partition coefficient (Wildman–Crippen LogP) is 0.747. The molecule has 7 nitrogen and oxygen atoms in total. The van der Waals surface area contributed by atoms with Gasteiger partial charge in [0, 0.05) is 37.6 Å². The van der Waals surface area contributed by atoms with Crippen molar-refractivity contribution in [1.29, 1.82) is 0 Å². The summed E-state index contributed by atoms with van der Waals surface area (Å²) < 4.78 is 10.2. The van der Waals surface area contributed by atoms with Crippen molar-refractivity contribution >= 4 is 17.6 Å². The van der Waals surface area contributed by atoms with Crippen LogP contribution in [0.3, 0.4) is 0 Å². The minimum absolute atomic E-state index is 0.0924. The molecule has 0 radical (unpaired) electrons. The van der Waals surface area contributed by atoms with Gasteiger partial charge in [0.15, 0.2) is 0 Å². The molecule has 114 valence electrons. The normalized spacial score (nSPS) is 18.0. The standard InChI is InChI=1S/C14H17NO6/c1-20-9-4-10(13(14(18)19)11(5-9)21-2)15-6-8(7-16)3-12(15)17/h4-5,8,16H,3,6-7H2,1-2H3,(H,18,19). The summed E-state index contributed by atoms with van der Waals surface area (Å²) in [5.74, 6) is -1.10. The van der Waals surface area contributed by atoms with E-state index < -0.39 is 5.97 Å². The van der Waals surface area contributed by atoms with Crippen LogP contribution in [0, 0.1) is 5.92 Å². The number of hydrogen-bond acceptors (Lipinski definition) is 5. The second-order valence-electron chi connectivity index (χ2n) is 4.79. The molecule has 1 saturated heterocycles. The van der Waals surface area contributed by atoms with E-state index in [0.717, 1.165) is 0 Å². The molecule has 7 heteroatoms. The van der Waals surface area contributed by atoms with Gasteiger partial charge in [-0.15, -0.1) is 0 Å². The van der Waals surface area contributed by atoms with Crippen LogP contribution in [0.15, 0.2) is 12.1 Å². The molecule has 1 amide bonds. The molecule has 21 heavy (non-hydrogen) atoms. The van der Waals surface area contributed by atoms with Crippen molar-refractivity contribution in [3.63, 3.8) is 0 Å². The number of rotatable bonds is 5. The van der Waals surface area contributed by atoms with E-state index in [4.69, 9.17) is 9.47 Å². The summed E-state index contributed by atoms with van der Waals surface area (Å²) in [7, 11) is 2.80. The fraction of sp³-hybridized carbons (Fsp3) is 0.429. The number of aliphatic hydroxyl groups is 1. The molecule has 1 aromatic carbocycles. The van der Waals surface area contributed by atoms with Crippen LogP contribution in [0.5, 0.6) is 11.5 Å². The van der Waals surface area contributed by atoms with E-state index >= 15 is 0 Å². The smallest absolute Gasteiger partial charge is 0.341 e. The molecule has 1 aromatic rings. The number of benzene rings is 1. The largest absolute Gasteiger partial charge is 0.497 e. The number of nitrogens with zero attached hydrogens (tertiary/aromatic N) is 1. The lowest BCUT2D eigenvalue weighted by Gasteiger charge is -2.21. The summed E-state index contributed by atoms with van der Waals surface area (Å²) in [6.07, 6.45) is 0.190. The maximum Gasteiger partial charge on any atom is 0.341 e. The number of carbonyl (C=O) groups is 2. The average molecular weight is 295 g/mol. The van der Waals surface area contributed by atoms with E-state index in [1.54, 1.807) is 0 Å². The molecule has 0 aromatic heterocycles. The molecule has 1 atom stereocenters. The third-order valence-electron chi connectivity index (χ3n) is 3.48. The van der Waals surface area contributed by atoms with Crippen LogP contribution in [0.2, 0.25) is 0 Å². The molecule has 0 spiro atoms. The second-order valence-corrected chi connectivity index (χ2v) is 4.79. The Labute approximate surface area is 121 Å². The fourth-order valence-corrected chi connectivity index (χ4v) is 2.42. The lowest BCUT2D eigenvalue weighted by Crippen LogP contribution is -2.27. The first-order chi connectivity index (χ1) is 10.0. The van der Waals surface area contributed by atoms with Crippen LogP contribution in [-0.4, -0.2) is 49.5 Å². The van der Waals surface area contributed by atoms with E-state index in [1.807, 2.05) is 0 Å². The van der Waals surface area contributed by atoms with Crippen molar-refractivity contribution in [3.8, 4) is 11.5 Å². The van der Waals surface area contributed by atoms with Crippen LogP contribution in [0.25, 0.3) is 0 Å². The van der Waals surface area contributed by atoms with Gasteiger partial charge in [-0.2, -0.15) is 0 Å². The highest BCUT2D eigenvalue weighted by Gasteiger charge is 2.34. The number of methoxy groups -OCH3 is 2. The summed E-state index contributed by atoms with van der Waals surface area (Å²) in [6.45, 7) is 0.150. The van der Waals surface area contributed by atoms with Gasteiger partial charge >= 0.3 is 5.97 Å². The average Bonchev–Trinajstić information content (AvgIpc) is 2.86. The molecule has 1 aliphatic rings. The molecule has 1 aliphatic heterocycles. The minimum Gasteiger partial charge on any atom is -0.497 e. The first kappa shape index (κ1) is 15.1. The summed E-state index contributed by atoms with van der Waals surface area (Å²) in [4.78, 5) is 24.9. The van der Waals surface area contributed by atoms with Crippen molar-refractivity contribution in [2.24, 2.45) is 5.92 Å². The first-order valence-electron chi connectivity index (χ1n) is 6.42. The Morgan fingerprint density at radius 1 is 1.38 bits per heavy atom. The first-order valence-corrected chi connectivity index (χ1v) is 6.42.